The number of H-pyrrole nitrogens is 2. The van der Waals surface area contributed by atoms with Crippen molar-refractivity contribution in [3.63, 3.8) is 0 Å². The van der Waals surface area contributed by atoms with Crippen LogP contribution < -0.4 is 30.0 Å². The minimum Gasteiger partial charge on any atom is -0.493 e. The molecule has 0 bridgehead atoms. The van der Waals surface area contributed by atoms with E-state index in [9.17, 15) is 4.79 Å². The normalized spacial score (nSPS) is 13.3. The summed E-state index contributed by atoms with van der Waals surface area (Å²) in [6.07, 6.45) is 1.71. The van der Waals surface area contributed by atoms with E-state index in [1.54, 1.807) is 32.7 Å². The first kappa shape index (κ1) is 26.3. The van der Waals surface area contributed by atoms with Gasteiger partial charge in [0.2, 0.25) is 17.8 Å². The van der Waals surface area contributed by atoms with Crippen LogP contribution in [0.5, 0.6) is 11.5 Å². The summed E-state index contributed by atoms with van der Waals surface area (Å²) in [7, 11) is 3.26. The molecule has 11 heteroatoms. The van der Waals surface area contributed by atoms with Crippen LogP contribution in [0.3, 0.4) is 0 Å². The zero-order valence-corrected chi connectivity index (χ0v) is 23.5. The summed E-state index contributed by atoms with van der Waals surface area (Å²) in [4.78, 5) is 28.3. The number of hydrogen-bond donors (Lipinski definition) is 3. The Kier molecular flexibility index (Phi) is 7.26. The van der Waals surface area contributed by atoms with E-state index < -0.39 is 0 Å². The molecule has 0 unspecified atom stereocenters. The van der Waals surface area contributed by atoms with Gasteiger partial charge in [-0.2, -0.15) is 0 Å². The number of amides is 1. The monoisotopic (exact) mass is 568 g/mol. The number of nitrogens with one attached hydrogen (secondary N) is 4. The number of piperazine rings is 1. The standard InChI is InChI=1S/C30H29N7O3S/c1-39-24-16-22-23(17-25(24)40-2)35-27-26(22)28(32-18-31-27)36-11-13-37(14-12-36)30(41)34-21-10-6-9-20(15-21)33-29(38)19-7-4-3-5-8-19/h3-10,15-18H,11-14H2,1-2H3,(H,33,38)(H,34,41)(H,31,32,35)/p+1. The van der Waals surface area contributed by atoms with Crippen LogP contribution in [0, 0.1) is 0 Å². The summed E-state index contributed by atoms with van der Waals surface area (Å²) in [6, 6.07) is 20.6. The van der Waals surface area contributed by atoms with Crippen molar-refractivity contribution < 1.29 is 19.3 Å². The zero-order valence-electron chi connectivity index (χ0n) is 22.7. The lowest BCUT2D eigenvalue weighted by Crippen LogP contribution is -2.51. The second-order valence-electron chi connectivity index (χ2n) is 9.66. The van der Waals surface area contributed by atoms with Gasteiger partial charge in [0.05, 0.1) is 45.9 Å². The number of hydrogen-bond acceptors (Lipinski definition) is 6. The van der Waals surface area contributed by atoms with E-state index in [1.165, 1.54) is 0 Å². The Morgan fingerprint density at radius 2 is 1.63 bits per heavy atom. The highest BCUT2D eigenvalue weighted by atomic mass is 32.1. The summed E-state index contributed by atoms with van der Waals surface area (Å²) >= 11 is 5.76. The Bertz CT molecular complexity index is 1730. The summed E-state index contributed by atoms with van der Waals surface area (Å²) in [5.41, 5.74) is 3.84. The molecule has 1 amide bonds. The molecule has 3 heterocycles. The Balaban J connectivity index is 1.14. The molecule has 4 N–H and O–H groups in total. The second kappa shape index (κ2) is 11.3. The number of carbonyl (C=O) groups excluding carboxylic acids is 1. The number of anilines is 3. The molecule has 0 radical (unpaired) electrons. The fraction of sp³-hybridized carbons (Fsp3) is 0.200. The molecular formula is C30H30N7O3S+. The van der Waals surface area contributed by atoms with E-state index in [0.717, 1.165) is 59.6 Å². The van der Waals surface area contributed by atoms with Crippen LogP contribution in [0.15, 0.2) is 73.1 Å². The Labute approximate surface area is 242 Å². The molecule has 6 rings (SSSR count). The fourth-order valence-corrected chi connectivity index (χ4v) is 5.43. The lowest BCUT2D eigenvalue weighted by atomic mass is 10.1. The quantitative estimate of drug-likeness (QED) is 0.260. The van der Waals surface area contributed by atoms with E-state index in [1.807, 2.05) is 54.6 Å². The highest BCUT2D eigenvalue weighted by Crippen LogP contribution is 2.37. The van der Waals surface area contributed by atoms with E-state index in [-0.39, 0.29) is 5.91 Å². The van der Waals surface area contributed by atoms with Crippen molar-refractivity contribution in [2.45, 2.75) is 0 Å². The maximum Gasteiger partial charge on any atom is 0.255 e. The van der Waals surface area contributed by atoms with E-state index >= 15 is 0 Å². The maximum absolute atomic E-state index is 12.5. The average Bonchev–Trinajstić information content (AvgIpc) is 3.38. The van der Waals surface area contributed by atoms with Gasteiger partial charge in [-0.3, -0.25) is 9.69 Å². The van der Waals surface area contributed by atoms with Crippen LogP contribution in [0.25, 0.3) is 21.9 Å². The van der Waals surface area contributed by atoms with Crippen molar-refractivity contribution in [2.75, 3.05) is 55.9 Å². The summed E-state index contributed by atoms with van der Waals surface area (Å²) in [5, 5.41) is 8.94. The Morgan fingerprint density at radius 3 is 2.37 bits per heavy atom. The third-order valence-corrected chi connectivity index (χ3v) is 7.57. The van der Waals surface area contributed by atoms with Gasteiger partial charge in [-0.25, -0.2) is 4.98 Å². The molecular weight excluding hydrogens is 538 g/mol. The molecule has 2 aromatic heterocycles. The number of nitrogens with zero attached hydrogens (tertiary/aromatic N) is 3. The summed E-state index contributed by atoms with van der Waals surface area (Å²) in [6.45, 7) is 3.02. The molecule has 3 aromatic carbocycles. The molecule has 10 nitrogen and oxygen atoms in total. The van der Waals surface area contributed by atoms with Gasteiger partial charge in [0.1, 0.15) is 5.39 Å². The van der Waals surface area contributed by atoms with Crippen LogP contribution in [0.2, 0.25) is 0 Å². The molecule has 1 aliphatic rings. The van der Waals surface area contributed by atoms with Crippen molar-refractivity contribution in [3.05, 3.63) is 78.6 Å². The first-order valence-corrected chi connectivity index (χ1v) is 13.7. The molecule has 0 saturated carbocycles. The number of ether oxygens (including phenoxy) is 2. The fourth-order valence-electron chi connectivity index (χ4n) is 5.13. The number of thiocarbonyl (C=S) groups is 1. The Hall–Kier alpha value is -4.90. The van der Waals surface area contributed by atoms with Gasteiger partial charge in [-0.05, 0) is 48.6 Å². The van der Waals surface area contributed by atoms with Crippen LogP contribution in [-0.2, 0) is 0 Å². The minimum atomic E-state index is -0.156. The highest BCUT2D eigenvalue weighted by molar-refractivity contribution is 7.80. The summed E-state index contributed by atoms with van der Waals surface area (Å²) in [5.74, 6) is 2.17. The van der Waals surface area contributed by atoms with Gasteiger partial charge in [0.15, 0.2) is 16.6 Å². The molecule has 41 heavy (non-hydrogen) atoms. The van der Waals surface area contributed by atoms with Gasteiger partial charge >= 0.3 is 0 Å². The molecule has 1 fully saturated rings. The smallest absolute Gasteiger partial charge is 0.255 e. The third kappa shape index (κ3) is 5.31. The van der Waals surface area contributed by atoms with Crippen molar-refractivity contribution in [2.24, 2.45) is 0 Å². The predicted molar refractivity (Wildman–Crippen MR) is 164 cm³/mol. The van der Waals surface area contributed by atoms with Crippen molar-refractivity contribution in [3.8, 4) is 11.5 Å². The van der Waals surface area contributed by atoms with E-state index in [4.69, 9.17) is 21.7 Å². The minimum absolute atomic E-state index is 0.156. The van der Waals surface area contributed by atoms with Gasteiger partial charge in [0.25, 0.3) is 5.91 Å². The number of fused-ring (bicyclic) bond motifs is 3. The van der Waals surface area contributed by atoms with Gasteiger partial charge in [-0.1, -0.05) is 29.2 Å². The van der Waals surface area contributed by atoms with Crippen LogP contribution in [0.4, 0.5) is 17.2 Å². The van der Waals surface area contributed by atoms with Crippen LogP contribution >= 0.6 is 12.2 Å². The van der Waals surface area contributed by atoms with Crippen molar-refractivity contribution >= 4 is 62.4 Å². The maximum atomic E-state index is 12.5. The van der Waals surface area contributed by atoms with E-state index in [2.05, 4.69) is 35.4 Å². The number of aromatic amines is 2. The topological polar surface area (TPSA) is 109 Å². The van der Waals surface area contributed by atoms with Crippen LogP contribution in [0.1, 0.15) is 10.4 Å². The van der Waals surface area contributed by atoms with Gasteiger partial charge < -0.3 is 30.0 Å². The van der Waals surface area contributed by atoms with Gasteiger partial charge in [0, 0.05) is 28.4 Å². The lowest BCUT2D eigenvalue weighted by molar-refractivity contribution is -0.367. The molecule has 0 aliphatic carbocycles. The second-order valence-corrected chi connectivity index (χ2v) is 10.0. The molecule has 0 atom stereocenters. The lowest BCUT2D eigenvalue weighted by Gasteiger charge is -2.34. The number of rotatable bonds is 6. The summed E-state index contributed by atoms with van der Waals surface area (Å²) < 4.78 is 11.0. The molecule has 0 spiro atoms. The van der Waals surface area contributed by atoms with E-state index in [0.29, 0.717) is 27.9 Å². The number of aromatic nitrogens is 3. The molecule has 5 aromatic rings. The number of benzene rings is 3. The first-order chi connectivity index (χ1) is 20.0. The molecule has 208 valence electrons. The number of carbonyl (C=O) groups is 1. The average molecular weight is 569 g/mol. The first-order valence-electron chi connectivity index (χ1n) is 13.3. The largest absolute Gasteiger partial charge is 0.493 e. The number of methoxy groups -OCH3 is 2. The Morgan fingerprint density at radius 1 is 0.927 bits per heavy atom. The van der Waals surface area contributed by atoms with Crippen LogP contribution in [-0.4, -0.2) is 66.3 Å². The van der Waals surface area contributed by atoms with Gasteiger partial charge in [-0.15, -0.1) is 0 Å². The van der Waals surface area contributed by atoms with Crippen molar-refractivity contribution in [1.82, 2.24) is 14.9 Å². The zero-order chi connectivity index (χ0) is 28.3. The molecule has 1 aliphatic heterocycles. The predicted octanol–water partition coefficient (Wildman–Crippen LogP) is 4.32. The molecule has 1 saturated heterocycles. The SMILES string of the molecule is COc1cc2[nH]c3nc[nH+]c(N4CCN(C(=S)Nc5cccc(NC(=O)c6ccccc6)c5)CC4)c3c2cc1OC. The van der Waals surface area contributed by atoms with Crippen molar-refractivity contribution in [1.29, 1.82) is 0 Å². The highest BCUT2D eigenvalue weighted by Gasteiger charge is 2.27. The third-order valence-electron chi connectivity index (χ3n) is 7.21.